The SMILES string of the molecule is CC(C)Oc1c2c(c(OC(C)C)c3ccccc13)CCCC2. The number of ether oxygens (including phenoxy) is 2. The molecule has 2 heteroatoms. The van der Waals surface area contributed by atoms with Gasteiger partial charge in [-0.05, 0) is 53.4 Å². The normalized spacial score (nSPS) is 14.5. The van der Waals surface area contributed by atoms with Crippen molar-refractivity contribution in [3.8, 4) is 11.5 Å². The Morgan fingerprint density at radius 1 is 0.727 bits per heavy atom. The van der Waals surface area contributed by atoms with Gasteiger partial charge in [0.2, 0.25) is 0 Å². The Morgan fingerprint density at radius 2 is 1.14 bits per heavy atom. The summed E-state index contributed by atoms with van der Waals surface area (Å²) in [4.78, 5) is 0. The van der Waals surface area contributed by atoms with Gasteiger partial charge in [0.15, 0.2) is 0 Å². The molecule has 0 fully saturated rings. The van der Waals surface area contributed by atoms with E-state index in [9.17, 15) is 0 Å². The van der Waals surface area contributed by atoms with E-state index in [1.54, 1.807) is 0 Å². The molecule has 0 saturated carbocycles. The van der Waals surface area contributed by atoms with Gasteiger partial charge in [0, 0.05) is 21.9 Å². The monoisotopic (exact) mass is 298 g/mol. The minimum Gasteiger partial charge on any atom is -0.490 e. The Morgan fingerprint density at radius 3 is 1.50 bits per heavy atom. The van der Waals surface area contributed by atoms with Gasteiger partial charge >= 0.3 is 0 Å². The molecule has 1 aliphatic rings. The first-order chi connectivity index (χ1) is 10.6. The molecule has 0 atom stereocenters. The Kier molecular flexibility index (Phi) is 4.28. The summed E-state index contributed by atoms with van der Waals surface area (Å²) >= 11 is 0. The van der Waals surface area contributed by atoms with E-state index >= 15 is 0 Å². The summed E-state index contributed by atoms with van der Waals surface area (Å²) in [7, 11) is 0. The van der Waals surface area contributed by atoms with Gasteiger partial charge in [-0.2, -0.15) is 0 Å². The first kappa shape index (κ1) is 15.2. The van der Waals surface area contributed by atoms with Crippen LogP contribution in [0.4, 0.5) is 0 Å². The van der Waals surface area contributed by atoms with Crippen LogP contribution in [0.2, 0.25) is 0 Å². The summed E-state index contributed by atoms with van der Waals surface area (Å²) in [6, 6.07) is 8.50. The van der Waals surface area contributed by atoms with E-state index in [2.05, 4.69) is 52.0 Å². The molecule has 0 spiro atoms. The summed E-state index contributed by atoms with van der Waals surface area (Å²) in [5.41, 5.74) is 2.74. The van der Waals surface area contributed by atoms with Crippen LogP contribution < -0.4 is 9.47 Å². The van der Waals surface area contributed by atoms with Crippen molar-refractivity contribution in [2.45, 2.75) is 65.6 Å². The third kappa shape index (κ3) is 2.79. The molecular weight excluding hydrogens is 272 g/mol. The van der Waals surface area contributed by atoms with E-state index in [0.717, 1.165) is 24.3 Å². The molecule has 3 rings (SSSR count). The smallest absolute Gasteiger partial charge is 0.131 e. The number of benzene rings is 2. The predicted octanol–water partition coefficient (Wildman–Crippen LogP) is 5.29. The van der Waals surface area contributed by atoms with Crippen LogP contribution in [0.15, 0.2) is 24.3 Å². The summed E-state index contributed by atoms with van der Waals surface area (Å²) < 4.78 is 12.5. The highest BCUT2D eigenvalue weighted by Crippen LogP contribution is 2.44. The third-order valence-electron chi connectivity index (χ3n) is 4.14. The van der Waals surface area contributed by atoms with E-state index in [1.807, 2.05) is 0 Å². The highest BCUT2D eigenvalue weighted by molar-refractivity contribution is 5.96. The quantitative estimate of drug-likeness (QED) is 0.763. The summed E-state index contributed by atoms with van der Waals surface area (Å²) in [5.74, 6) is 2.16. The Balaban J connectivity index is 2.30. The average molecular weight is 298 g/mol. The van der Waals surface area contributed by atoms with Crippen LogP contribution in [0.25, 0.3) is 10.8 Å². The fraction of sp³-hybridized carbons (Fsp3) is 0.500. The molecule has 22 heavy (non-hydrogen) atoms. The zero-order valence-corrected chi connectivity index (χ0v) is 14.1. The first-order valence-corrected chi connectivity index (χ1v) is 8.47. The largest absolute Gasteiger partial charge is 0.490 e. The Hall–Kier alpha value is -1.70. The zero-order chi connectivity index (χ0) is 15.7. The molecule has 0 radical (unpaired) electrons. The average Bonchev–Trinajstić information content (AvgIpc) is 2.50. The molecule has 2 aromatic rings. The lowest BCUT2D eigenvalue weighted by Gasteiger charge is -2.27. The van der Waals surface area contributed by atoms with Crippen LogP contribution in [0.5, 0.6) is 11.5 Å². The van der Waals surface area contributed by atoms with Gasteiger partial charge in [-0.15, -0.1) is 0 Å². The van der Waals surface area contributed by atoms with Crippen molar-refractivity contribution < 1.29 is 9.47 Å². The molecule has 0 aromatic heterocycles. The highest BCUT2D eigenvalue weighted by atomic mass is 16.5. The van der Waals surface area contributed by atoms with Gasteiger partial charge in [0.1, 0.15) is 11.5 Å². The highest BCUT2D eigenvalue weighted by Gasteiger charge is 2.24. The maximum atomic E-state index is 6.23. The summed E-state index contributed by atoms with van der Waals surface area (Å²) in [6.07, 6.45) is 5.03. The fourth-order valence-corrected chi connectivity index (χ4v) is 3.35. The van der Waals surface area contributed by atoms with Gasteiger partial charge in [-0.1, -0.05) is 24.3 Å². The van der Waals surface area contributed by atoms with E-state index in [1.165, 1.54) is 34.7 Å². The van der Waals surface area contributed by atoms with Crippen molar-refractivity contribution in [2.24, 2.45) is 0 Å². The van der Waals surface area contributed by atoms with Crippen LogP contribution in [0.1, 0.15) is 51.7 Å². The lowest BCUT2D eigenvalue weighted by Crippen LogP contribution is -2.15. The number of rotatable bonds is 4. The Bertz CT molecular complexity index is 612. The lowest BCUT2D eigenvalue weighted by molar-refractivity contribution is 0.234. The van der Waals surface area contributed by atoms with Crippen molar-refractivity contribution in [3.63, 3.8) is 0 Å². The standard InChI is InChI=1S/C20H26O2/c1-13(2)21-19-15-9-5-7-11-17(15)20(22-14(3)4)18-12-8-6-10-16(18)19/h5,7,9,11,13-14H,6,8,10,12H2,1-4H3. The molecule has 2 aromatic carbocycles. The maximum absolute atomic E-state index is 6.23. The second-order valence-electron chi connectivity index (χ2n) is 6.70. The fourth-order valence-electron chi connectivity index (χ4n) is 3.35. The van der Waals surface area contributed by atoms with Crippen LogP contribution in [-0.2, 0) is 12.8 Å². The third-order valence-corrected chi connectivity index (χ3v) is 4.14. The molecule has 0 unspecified atom stereocenters. The number of hydrogen-bond donors (Lipinski definition) is 0. The number of hydrogen-bond acceptors (Lipinski definition) is 2. The number of fused-ring (bicyclic) bond motifs is 2. The lowest BCUT2D eigenvalue weighted by atomic mass is 9.87. The maximum Gasteiger partial charge on any atom is 0.131 e. The molecule has 1 aliphatic carbocycles. The predicted molar refractivity (Wildman–Crippen MR) is 92.1 cm³/mol. The second-order valence-corrected chi connectivity index (χ2v) is 6.70. The molecule has 0 heterocycles. The Labute approximate surface area is 133 Å². The van der Waals surface area contributed by atoms with Crippen molar-refractivity contribution >= 4 is 10.8 Å². The van der Waals surface area contributed by atoms with Gasteiger partial charge in [-0.3, -0.25) is 0 Å². The summed E-state index contributed by atoms with van der Waals surface area (Å²) in [6.45, 7) is 8.40. The minimum atomic E-state index is 0.186. The van der Waals surface area contributed by atoms with E-state index in [4.69, 9.17) is 9.47 Å². The molecular formula is C20H26O2. The molecule has 0 saturated heterocycles. The molecule has 0 N–H and O–H groups in total. The van der Waals surface area contributed by atoms with Crippen molar-refractivity contribution in [1.82, 2.24) is 0 Å². The molecule has 2 nitrogen and oxygen atoms in total. The van der Waals surface area contributed by atoms with E-state index in [-0.39, 0.29) is 12.2 Å². The zero-order valence-electron chi connectivity index (χ0n) is 14.1. The van der Waals surface area contributed by atoms with Crippen LogP contribution in [-0.4, -0.2) is 12.2 Å². The van der Waals surface area contributed by atoms with Crippen LogP contribution in [0, 0.1) is 0 Å². The van der Waals surface area contributed by atoms with Gasteiger partial charge in [0.05, 0.1) is 12.2 Å². The van der Waals surface area contributed by atoms with Crippen molar-refractivity contribution in [2.75, 3.05) is 0 Å². The van der Waals surface area contributed by atoms with Crippen LogP contribution in [0.3, 0.4) is 0 Å². The molecule has 0 aliphatic heterocycles. The topological polar surface area (TPSA) is 18.5 Å². The van der Waals surface area contributed by atoms with Crippen LogP contribution >= 0.6 is 0 Å². The second kappa shape index (κ2) is 6.20. The summed E-state index contributed by atoms with van der Waals surface area (Å²) in [5, 5.41) is 2.38. The molecule has 0 amide bonds. The molecule has 0 bridgehead atoms. The van der Waals surface area contributed by atoms with Gasteiger partial charge < -0.3 is 9.47 Å². The van der Waals surface area contributed by atoms with Crippen molar-refractivity contribution in [1.29, 1.82) is 0 Å². The first-order valence-electron chi connectivity index (χ1n) is 8.47. The van der Waals surface area contributed by atoms with Crippen molar-refractivity contribution in [3.05, 3.63) is 35.4 Å². The minimum absolute atomic E-state index is 0.186. The van der Waals surface area contributed by atoms with E-state index in [0.29, 0.717) is 0 Å². The van der Waals surface area contributed by atoms with Gasteiger partial charge in [0.25, 0.3) is 0 Å². The molecule has 118 valence electrons. The van der Waals surface area contributed by atoms with Gasteiger partial charge in [-0.25, -0.2) is 0 Å². The van der Waals surface area contributed by atoms with E-state index < -0.39 is 0 Å².